The van der Waals surface area contributed by atoms with E-state index in [1.165, 1.54) is 11.5 Å². The summed E-state index contributed by atoms with van der Waals surface area (Å²) in [6, 6.07) is 0. The Morgan fingerprint density at radius 1 is 1.35 bits per heavy atom. The Morgan fingerprint density at radius 3 is 2.71 bits per heavy atom. The fourth-order valence-corrected chi connectivity index (χ4v) is 2.48. The van der Waals surface area contributed by atoms with E-state index in [1.54, 1.807) is 4.90 Å². The first-order chi connectivity index (χ1) is 8.24. The molecule has 0 bridgehead atoms. The number of alkyl halides is 1. The van der Waals surface area contributed by atoms with Crippen LogP contribution in [0.5, 0.6) is 0 Å². The van der Waals surface area contributed by atoms with Crippen LogP contribution >= 0.6 is 23.1 Å². The van der Waals surface area contributed by atoms with E-state index >= 15 is 0 Å². The first kappa shape index (κ1) is 14.4. The number of halogens is 1. The van der Waals surface area contributed by atoms with E-state index in [1.807, 2.05) is 6.92 Å². The molecule has 1 amide bonds. The number of rotatable bonds is 7. The summed E-state index contributed by atoms with van der Waals surface area (Å²) in [6.07, 6.45) is 2.70. The Bertz CT molecular complexity index is 350. The number of nitrogens with zero attached hydrogens (tertiary/aromatic N) is 3. The van der Waals surface area contributed by atoms with Crippen molar-refractivity contribution in [3.63, 3.8) is 0 Å². The molecule has 1 aromatic heterocycles. The maximum Gasteiger partial charge on any atom is 0.267 e. The molecule has 0 saturated carbocycles. The van der Waals surface area contributed by atoms with E-state index in [4.69, 9.17) is 11.6 Å². The Labute approximate surface area is 111 Å². The van der Waals surface area contributed by atoms with Crippen molar-refractivity contribution in [2.45, 2.75) is 33.1 Å². The van der Waals surface area contributed by atoms with Crippen molar-refractivity contribution in [2.75, 3.05) is 19.0 Å². The number of hydrogen-bond acceptors (Lipinski definition) is 4. The molecule has 0 spiro atoms. The average Bonchev–Trinajstić information content (AvgIpc) is 2.77. The van der Waals surface area contributed by atoms with Gasteiger partial charge in [-0.3, -0.25) is 4.79 Å². The lowest BCUT2D eigenvalue weighted by atomic mass is 10.2. The Morgan fingerprint density at radius 2 is 2.12 bits per heavy atom. The number of amides is 1. The molecule has 4 nitrogen and oxygen atoms in total. The Hall–Kier alpha value is -0.680. The van der Waals surface area contributed by atoms with Gasteiger partial charge in [-0.05, 0) is 24.4 Å². The molecule has 0 N–H and O–H groups in total. The van der Waals surface area contributed by atoms with E-state index in [0.29, 0.717) is 17.3 Å². The number of carbonyl (C=O) groups is 1. The molecule has 0 unspecified atom stereocenters. The molecule has 0 aliphatic carbocycles. The van der Waals surface area contributed by atoms with Gasteiger partial charge in [-0.2, -0.15) is 0 Å². The van der Waals surface area contributed by atoms with Crippen LogP contribution in [0.15, 0.2) is 0 Å². The van der Waals surface area contributed by atoms with E-state index in [0.717, 1.165) is 31.5 Å². The summed E-state index contributed by atoms with van der Waals surface area (Å²) in [6.45, 7) is 5.43. The summed E-state index contributed by atoms with van der Waals surface area (Å²) >= 11 is 6.90. The quantitative estimate of drug-likeness (QED) is 0.719. The summed E-state index contributed by atoms with van der Waals surface area (Å²) in [7, 11) is 0. The zero-order valence-electron chi connectivity index (χ0n) is 10.3. The fourth-order valence-electron chi connectivity index (χ4n) is 1.60. The highest BCUT2D eigenvalue weighted by Gasteiger charge is 2.20. The molecule has 0 aliphatic heterocycles. The van der Waals surface area contributed by atoms with E-state index < -0.39 is 0 Å². The second-order valence-electron chi connectivity index (χ2n) is 3.78. The summed E-state index contributed by atoms with van der Waals surface area (Å²) < 4.78 is 3.88. The second kappa shape index (κ2) is 7.61. The Kier molecular flexibility index (Phi) is 6.44. The van der Waals surface area contributed by atoms with Crippen LogP contribution in [-0.2, 0) is 6.42 Å². The molecule has 0 radical (unpaired) electrons. The van der Waals surface area contributed by atoms with Gasteiger partial charge in [-0.1, -0.05) is 24.8 Å². The molecule has 1 aromatic rings. The first-order valence-electron chi connectivity index (χ1n) is 5.91. The first-order valence-corrected chi connectivity index (χ1v) is 7.21. The smallest absolute Gasteiger partial charge is 0.267 e. The van der Waals surface area contributed by atoms with Gasteiger partial charge in [0.2, 0.25) is 0 Å². The van der Waals surface area contributed by atoms with Crippen molar-refractivity contribution >= 4 is 29.0 Å². The molecule has 1 rings (SSSR count). The molecular formula is C11H18ClN3OS. The normalized spacial score (nSPS) is 10.5. The maximum atomic E-state index is 12.3. The van der Waals surface area contributed by atoms with E-state index in [2.05, 4.69) is 16.5 Å². The van der Waals surface area contributed by atoms with Crippen LogP contribution in [0.2, 0.25) is 0 Å². The van der Waals surface area contributed by atoms with Gasteiger partial charge in [0, 0.05) is 19.0 Å². The molecule has 96 valence electrons. The van der Waals surface area contributed by atoms with Crippen LogP contribution in [0, 0.1) is 0 Å². The van der Waals surface area contributed by atoms with Gasteiger partial charge in [-0.15, -0.1) is 16.7 Å². The van der Waals surface area contributed by atoms with Crippen LogP contribution in [0.4, 0.5) is 0 Å². The summed E-state index contributed by atoms with van der Waals surface area (Å²) in [4.78, 5) is 14.7. The molecule has 0 aliphatic rings. The highest BCUT2D eigenvalue weighted by Crippen LogP contribution is 2.15. The third-order valence-electron chi connectivity index (χ3n) is 2.37. The molecule has 1 heterocycles. The molecule has 0 aromatic carbocycles. The number of aryl methyl sites for hydroxylation is 1. The SMILES string of the molecule is CCCc1nnsc1C(=O)N(CCC)CCCl. The van der Waals surface area contributed by atoms with Crippen LogP contribution < -0.4 is 0 Å². The van der Waals surface area contributed by atoms with Crippen molar-refractivity contribution in [2.24, 2.45) is 0 Å². The van der Waals surface area contributed by atoms with Crippen LogP contribution in [-0.4, -0.2) is 39.4 Å². The van der Waals surface area contributed by atoms with Crippen molar-refractivity contribution in [3.05, 3.63) is 10.6 Å². The lowest BCUT2D eigenvalue weighted by Gasteiger charge is -2.20. The van der Waals surface area contributed by atoms with Gasteiger partial charge in [0.1, 0.15) is 4.88 Å². The fraction of sp³-hybridized carbons (Fsp3) is 0.727. The standard InChI is InChI=1S/C11H18ClN3OS/c1-3-5-9-10(17-14-13-9)11(16)15(7-4-2)8-6-12/h3-8H2,1-2H3. The monoisotopic (exact) mass is 275 g/mol. The maximum absolute atomic E-state index is 12.3. The summed E-state index contributed by atoms with van der Waals surface area (Å²) in [5.74, 6) is 0.479. The van der Waals surface area contributed by atoms with Gasteiger partial charge in [0.05, 0.1) is 5.69 Å². The van der Waals surface area contributed by atoms with Gasteiger partial charge < -0.3 is 4.90 Å². The number of hydrogen-bond donors (Lipinski definition) is 0. The minimum absolute atomic E-state index is 0.0194. The highest BCUT2D eigenvalue weighted by atomic mass is 35.5. The zero-order valence-corrected chi connectivity index (χ0v) is 11.9. The van der Waals surface area contributed by atoms with Crippen molar-refractivity contribution in [3.8, 4) is 0 Å². The highest BCUT2D eigenvalue weighted by molar-refractivity contribution is 7.08. The van der Waals surface area contributed by atoms with Crippen molar-refractivity contribution in [1.82, 2.24) is 14.5 Å². The predicted octanol–water partition coefficient (Wildman–Crippen LogP) is 2.58. The summed E-state index contributed by atoms with van der Waals surface area (Å²) in [5.41, 5.74) is 0.818. The summed E-state index contributed by atoms with van der Waals surface area (Å²) in [5, 5.41) is 4.02. The molecule has 0 atom stereocenters. The minimum atomic E-state index is 0.0194. The van der Waals surface area contributed by atoms with Crippen LogP contribution in [0.25, 0.3) is 0 Å². The number of carbonyl (C=O) groups excluding carboxylic acids is 1. The number of aromatic nitrogens is 2. The van der Waals surface area contributed by atoms with Crippen molar-refractivity contribution < 1.29 is 4.79 Å². The Balaban J connectivity index is 2.80. The average molecular weight is 276 g/mol. The minimum Gasteiger partial charge on any atom is -0.337 e. The predicted molar refractivity (Wildman–Crippen MR) is 70.8 cm³/mol. The van der Waals surface area contributed by atoms with Crippen LogP contribution in [0.3, 0.4) is 0 Å². The van der Waals surface area contributed by atoms with Gasteiger partial charge in [0.15, 0.2) is 0 Å². The molecule has 0 fully saturated rings. The third kappa shape index (κ3) is 3.92. The lowest BCUT2D eigenvalue weighted by molar-refractivity contribution is 0.0769. The topological polar surface area (TPSA) is 46.1 Å². The molecule has 0 saturated heterocycles. The largest absolute Gasteiger partial charge is 0.337 e. The van der Waals surface area contributed by atoms with E-state index in [-0.39, 0.29) is 5.91 Å². The van der Waals surface area contributed by atoms with Gasteiger partial charge in [-0.25, -0.2) is 0 Å². The van der Waals surface area contributed by atoms with Gasteiger partial charge in [0.25, 0.3) is 5.91 Å². The van der Waals surface area contributed by atoms with Crippen molar-refractivity contribution in [1.29, 1.82) is 0 Å². The molecular weight excluding hydrogens is 258 g/mol. The van der Waals surface area contributed by atoms with Gasteiger partial charge >= 0.3 is 0 Å². The lowest BCUT2D eigenvalue weighted by Crippen LogP contribution is -2.33. The molecule has 6 heteroatoms. The second-order valence-corrected chi connectivity index (χ2v) is 4.91. The van der Waals surface area contributed by atoms with Crippen LogP contribution in [0.1, 0.15) is 42.1 Å². The third-order valence-corrected chi connectivity index (χ3v) is 3.30. The zero-order chi connectivity index (χ0) is 12.7. The molecule has 17 heavy (non-hydrogen) atoms. The van der Waals surface area contributed by atoms with E-state index in [9.17, 15) is 4.79 Å².